The summed E-state index contributed by atoms with van der Waals surface area (Å²) in [4.78, 5) is 14.4. The molecule has 1 heterocycles. The first-order valence-electron chi connectivity index (χ1n) is 8.70. The summed E-state index contributed by atoms with van der Waals surface area (Å²) < 4.78 is 0. The van der Waals surface area contributed by atoms with Gasteiger partial charge in [0.05, 0.1) is 0 Å². The van der Waals surface area contributed by atoms with E-state index < -0.39 is 0 Å². The van der Waals surface area contributed by atoms with E-state index in [0.29, 0.717) is 5.92 Å². The van der Waals surface area contributed by atoms with Crippen molar-refractivity contribution < 1.29 is 4.79 Å². The quantitative estimate of drug-likeness (QED) is 0.548. The molecule has 1 aromatic carbocycles. The molecule has 0 N–H and O–H groups in total. The molecule has 1 aromatic rings. The second-order valence-electron chi connectivity index (χ2n) is 6.82. The lowest BCUT2D eigenvalue weighted by molar-refractivity contribution is -0.127. The second kappa shape index (κ2) is 8.71. The molecule has 1 fully saturated rings. The van der Waals surface area contributed by atoms with Gasteiger partial charge in [0.25, 0.3) is 0 Å². The van der Waals surface area contributed by atoms with Crippen molar-refractivity contribution in [3.63, 3.8) is 0 Å². The molecule has 0 spiro atoms. The summed E-state index contributed by atoms with van der Waals surface area (Å²) in [5, 5.41) is 0. The van der Waals surface area contributed by atoms with Crippen LogP contribution in [0.25, 0.3) is 0 Å². The second-order valence-corrected chi connectivity index (χ2v) is 6.82. The molecular weight excluding hydrogens is 282 g/mol. The Hall–Kier alpha value is -1.83. The Bertz CT molecular complexity index is 559. The minimum Gasteiger partial charge on any atom is -0.339 e. The number of hydrogen-bond donors (Lipinski definition) is 0. The number of benzene rings is 1. The van der Waals surface area contributed by atoms with Crippen molar-refractivity contribution in [2.75, 3.05) is 13.1 Å². The SMILES string of the molecule is CC(C)=CCC/C(C)=C/C(=O)N1CCC(c2ccccc2)CC1. The number of amides is 1. The maximum atomic E-state index is 12.4. The molecule has 1 amide bonds. The molecule has 124 valence electrons. The molecule has 23 heavy (non-hydrogen) atoms. The lowest BCUT2D eigenvalue weighted by Crippen LogP contribution is -2.37. The molecule has 1 aliphatic rings. The van der Waals surface area contributed by atoms with Gasteiger partial charge in [-0.15, -0.1) is 0 Å². The van der Waals surface area contributed by atoms with Crippen molar-refractivity contribution in [1.82, 2.24) is 4.90 Å². The molecule has 1 aliphatic heterocycles. The van der Waals surface area contributed by atoms with Crippen LogP contribution in [0.3, 0.4) is 0 Å². The van der Waals surface area contributed by atoms with E-state index in [-0.39, 0.29) is 5.91 Å². The fourth-order valence-electron chi connectivity index (χ4n) is 3.12. The van der Waals surface area contributed by atoms with Crippen LogP contribution in [-0.4, -0.2) is 23.9 Å². The van der Waals surface area contributed by atoms with Crippen LogP contribution in [0.5, 0.6) is 0 Å². The molecule has 0 atom stereocenters. The largest absolute Gasteiger partial charge is 0.339 e. The zero-order chi connectivity index (χ0) is 16.7. The number of piperidine rings is 1. The summed E-state index contributed by atoms with van der Waals surface area (Å²) in [5.74, 6) is 0.786. The Kier molecular flexibility index (Phi) is 6.64. The number of nitrogens with zero attached hydrogens (tertiary/aromatic N) is 1. The van der Waals surface area contributed by atoms with Crippen LogP contribution in [0, 0.1) is 0 Å². The first kappa shape index (κ1) is 17.5. The minimum absolute atomic E-state index is 0.186. The summed E-state index contributed by atoms with van der Waals surface area (Å²) in [6, 6.07) is 10.7. The predicted octanol–water partition coefficient (Wildman–Crippen LogP) is 5.09. The maximum absolute atomic E-state index is 12.4. The number of carbonyl (C=O) groups is 1. The number of allylic oxidation sites excluding steroid dienone is 3. The van der Waals surface area contributed by atoms with E-state index in [2.05, 4.69) is 57.2 Å². The van der Waals surface area contributed by atoms with Gasteiger partial charge in [0, 0.05) is 19.2 Å². The van der Waals surface area contributed by atoms with Crippen LogP contribution in [0.1, 0.15) is 57.9 Å². The van der Waals surface area contributed by atoms with Gasteiger partial charge in [-0.3, -0.25) is 4.79 Å². The van der Waals surface area contributed by atoms with E-state index in [1.807, 2.05) is 11.0 Å². The number of likely N-dealkylation sites (tertiary alicyclic amines) is 1. The third kappa shape index (κ3) is 5.70. The molecule has 0 aromatic heterocycles. The Labute approximate surface area is 140 Å². The highest BCUT2D eigenvalue weighted by atomic mass is 16.2. The van der Waals surface area contributed by atoms with Crippen LogP contribution in [0.4, 0.5) is 0 Å². The fourth-order valence-corrected chi connectivity index (χ4v) is 3.12. The topological polar surface area (TPSA) is 20.3 Å². The van der Waals surface area contributed by atoms with Crippen molar-refractivity contribution in [1.29, 1.82) is 0 Å². The normalized spacial score (nSPS) is 16.3. The Morgan fingerprint density at radius 2 is 1.78 bits per heavy atom. The molecule has 2 nitrogen and oxygen atoms in total. The summed E-state index contributed by atoms with van der Waals surface area (Å²) in [7, 11) is 0. The molecule has 2 rings (SSSR count). The smallest absolute Gasteiger partial charge is 0.246 e. The van der Waals surface area contributed by atoms with E-state index in [4.69, 9.17) is 0 Å². The van der Waals surface area contributed by atoms with E-state index in [1.54, 1.807) is 0 Å². The van der Waals surface area contributed by atoms with Gasteiger partial charge in [0.15, 0.2) is 0 Å². The average molecular weight is 311 g/mol. The zero-order valence-corrected chi connectivity index (χ0v) is 14.7. The van der Waals surface area contributed by atoms with Crippen molar-refractivity contribution in [2.45, 2.75) is 52.4 Å². The lowest BCUT2D eigenvalue weighted by atomic mass is 9.89. The van der Waals surface area contributed by atoms with Gasteiger partial charge < -0.3 is 4.90 Å². The standard InChI is InChI=1S/C21H29NO/c1-17(2)8-7-9-18(3)16-21(23)22-14-12-20(13-15-22)19-10-5-4-6-11-19/h4-6,8,10-11,16,20H,7,9,12-15H2,1-3H3/b18-16+. The Balaban J connectivity index is 1.82. The predicted molar refractivity (Wildman–Crippen MR) is 97.4 cm³/mol. The fraction of sp³-hybridized carbons (Fsp3) is 0.476. The number of hydrogen-bond acceptors (Lipinski definition) is 1. The van der Waals surface area contributed by atoms with Gasteiger partial charge in [0.2, 0.25) is 5.91 Å². The summed E-state index contributed by atoms with van der Waals surface area (Å²) in [5.41, 5.74) is 3.93. The summed E-state index contributed by atoms with van der Waals surface area (Å²) in [6.45, 7) is 8.03. The molecule has 1 saturated heterocycles. The minimum atomic E-state index is 0.186. The van der Waals surface area contributed by atoms with Gasteiger partial charge in [-0.2, -0.15) is 0 Å². The Morgan fingerprint density at radius 1 is 1.13 bits per heavy atom. The summed E-state index contributed by atoms with van der Waals surface area (Å²) >= 11 is 0. The van der Waals surface area contributed by atoms with Gasteiger partial charge in [-0.05, 0) is 57.9 Å². The van der Waals surface area contributed by atoms with Crippen LogP contribution < -0.4 is 0 Å². The molecular formula is C21H29NO. The van der Waals surface area contributed by atoms with Crippen LogP contribution in [0.15, 0.2) is 53.6 Å². The molecule has 2 heteroatoms. The van der Waals surface area contributed by atoms with Gasteiger partial charge in [-0.1, -0.05) is 47.6 Å². The molecule has 0 aliphatic carbocycles. The van der Waals surface area contributed by atoms with Crippen molar-refractivity contribution in [2.24, 2.45) is 0 Å². The van der Waals surface area contributed by atoms with E-state index >= 15 is 0 Å². The average Bonchev–Trinajstić information content (AvgIpc) is 2.55. The molecule has 0 bridgehead atoms. The van der Waals surface area contributed by atoms with Gasteiger partial charge in [-0.25, -0.2) is 0 Å². The van der Waals surface area contributed by atoms with Crippen molar-refractivity contribution >= 4 is 5.91 Å². The first-order chi connectivity index (χ1) is 11.1. The van der Waals surface area contributed by atoms with E-state index in [0.717, 1.165) is 38.8 Å². The monoisotopic (exact) mass is 311 g/mol. The highest BCUT2D eigenvalue weighted by Gasteiger charge is 2.22. The zero-order valence-electron chi connectivity index (χ0n) is 14.7. The van der Waals surface area contributed by atoms with Gasteiger partial charge in [0.1, 0.15) is 0 Å². The van der Waals surface area contributed by atoms with E-state index in [1.165, 1.54) is 16.7 Å². The highest BCUT2D eigenvalue weighted by Crippen LogP contribution is 2.27. The third-order valence-electron chi connectivity index (χ3n) is 4.54. The van der Waals surface area contributed by atoms with Crippen LogP contribution in [0.2, 0.25) is 0 Å². The van der Waals surface area contributed by atoms with E-state index in [9.17, 15) is 4.79 Å². The lowest BCUT2D eigenvalue weighted by Gasteiger charge is -2.31. The Morgan fingerprint density at radius 3 is 2.39 bits per heavy atom. The first-order valence-corrected chi connectivity index (χ1v) is 8.70. The maximum Gasteiger partial charge on any atom is 0.246 e. The number of carbonyl (C=O) groups excluding carboxylic acids is 1. The van der Waals surface area contributed by atoms with Gasteiger partial charge >= 0.3 is 0 Å². The van der Waals surface area contributed by atoms with Crippen LogP contribution >= 0.6 is 0 Å². The molecule has 0 radical (unpaired) electrons. The molecule has 0 unspecified atom stereocenters. The number of rotatable bonds is 5. The van der Waals surface area contributed by atoms with Crippen molar-refractivity contribution in [3.05, 3.63) is 59.2 Å². The van der Waals surface area contributed by atoms with Crippen LogP contribution in [-0.2, 0) is 4.79 Å². The molecule has 0 saturated carbocycles. The summed E-state index contributed by atoms with van der Waals surface area (Å²) in [6.07, 6.45) is 8.20. The highest BCUT2D eigenvalue weighted by molar-refractivity contribution is 5.88. The van der Waals surface area contributed by atoms with Crippen molar-refractivity contribution in [3.8, 4) is 0 Å². The third-order valence-corrected chi connectivity index (χ3v) is 4.54.